The molecule has 4 unspecified atom stereocenters. The number of carbonyl (C=O) groups is 1. The Labute approximate surface area is 180 Å². The summed E-state index contributed by atoms with van der Waals surface area (Å²) in [6.45, 7) is 2.83. The number of hydrogen-bond acceptors (Lipinski definition) is 7. The van der Waals surface area contributed by atoms with Gasteiger partial charge in [-0.1, -0.05) is 11.6 Å². The Bertz CT molecular complexity index is 837. The largest absolute Gasteiger partial charge is 0.484 e. The summed E-state index contributed by atoms with van der Waals surface area (Å²) in [7, 11) is 2.08. The van der Waals surface area contributed by atoms with E-state index in [4.69, 9.17) is 16.3 Å². The smallest absolute Gasteiger partial charge is 0.258 e. The molecule has 5 N–H and O–H groups in total. The van der Waals surface area contributed by atoms with Crippen LogP contribution in [0.3, 0.4) is 0 Å². The van der Waals surface area contributed by atoms with E-state index in [9.17, 15) is 9.18 Å². The van der Waals surface area contributed by atoms with Gasteiger partial charge in [0.15, 0.2) is 6.61 Å². The first-order chi connectivity index (χ1) is 14.3. The molecule has 10 heteroatoms. The minimum absolute atomic E-state index is 0.0297. The number of ether oxygens (including phenoxy) is 1. The van der Waals surface area contributed by atoms with E-state index >= 15 is 0 Å². The topological polar surface area (TPSA) is 89.7 Å². The van der Waals surface area contributed by atoms with E-state index < -0.39 is 5.82 Å². The molecule has 5 fully saturated rings. The van der Waals surface area contributed by atoms with Gasteiger partial charge in [-0.3, -0.25) is 26.2 Å². The van der Waals surface area contributed by atoms with E-state index in [1.165, 1.54) is 12.1 Å². The van der Waals surface area contributed by atoms with Crippen LogP contribution in [0, 0.1) is 5.82 Å². The van der Waals surface area contributed by atoms with E-state index in [1.54, 1.807) is 6.07 Å². The number of nitrogens with zero attached hydrogens (tertiary/aromatic N) is 1. The van der Waals surface area contributed by atoms with E-state index in [1.807, 2.05) is 0 Å². The number of benzene rings is 1. The van der Waals surface area contributed by atoms with Gasteiger partial charge in [-0.25, -0.2) is 9.40 Å². The number of carbonyl (C=O) groups excluding carboxylic acids is 1. The number of hydrazine groups is 1. The highest BCUT2D eigenvalue weighted by Crippen LogP contribution is 2.60. The van der Waals surface area contributed by atoms with Gasteiger partial charge in [0.2, 0.25) is 0 Å². The zero-order chi connectivity index (χ0) is 21.1. The highest BCUT2D eigenvalue weighted by Gasteiger charge is 2.69. The van der Waals surface area contributed by atoms with Crippen molar-refractivity contribution in [3.63, 3.8) is 0 Å². The first-order valence-electron chi connectivity index (χ1n) is 10.4. The van der Waals surface area contributed by atoms with Crippen LogP contribution < -0.4 is 31.4 Å². The summed E-state index contributed by atoms with van der Waals surface area (Å²) in [5.74, 6) is -0.460. The predicted octanol–water partition coefficient (Wildman–Crippen LogP) is 0.291. The molecular weight excluding hydrogens is 411 g/mol. The Hall–Kier alpha value is -1.49. The molecule has 4 atom stereocenters. The van der Waals surface area contributed by atoms with Crippen molar-refractivity contribution in [2.75, 3.05) is 20.3 Å². The number of rotatable bonds is 6. The van der Waals surface area contributed by atoms with Crippen LogP contribution in [0.15, 0.2) is 18.2 Å². The van der Waals surface area contributed by atoms with Crippen molar-refractivity contribution in [1.82, 2.24) is 31.7 Å². The highest BCUT2D eigenvalue weighted by atomic mass is 35.5. The maximum absolute atomic E-state index is 13.5. The average molecular weight is 439 g/mol. The van der Waals surface area contributed by atoms with Crippen molar-refractivity contribution in [1.29, 1.82) is 0 Å². The lowest BCUT2D eigenvalue weighted by molar-refractivity contribution is -0.147. The fraction of sp³-hybridized carbons (Fsp3) is 0.650. The Morgan fingerprint density at radius 2 is 2.10 bits per heavy atom. The summed E-state index contributed by atoms with van der Waals surface area (Å²) >= 11 is 5.66. The second-order valence-electron chi connectivity index (χ2n) is 9.26. The zero-order valence-electron chi connectivity index (χ0n) is 17.1. The molecule has 2 aliphatic heterocycles. The Morgan fingerprint density at radius 3 is 2.83 bits per heavy atom. The molecule has 2 heterocycles. The molecule has 0 aromatic heterocycles. The molecule has 3 saturated carbocycles. The molecule has 1 aromatic carbocycles. The van der Waals surface area contributed by atoms with Crippen LogP contribution in [0.25, 0.3) is 0 Å². The van der Waals surface area contributed by atoms with Crippen molar-refractivity contribution >= 4 is 17.5 Å². The van der Waals surface area contributed by atoms with Gasteiger partial charge in [0.05, 0.1) is 17.2 Å². The number of likely N-dealkylation sites (N-methyl/N-ethyl adjacent to an activating group) is 1. The van der Waals surface area contributed by atoms with E-state index in [2.05, 4.69) is 45.7 Å². The minimum atomic E-state index is -0.562. The molecular formula is C20H28ClFN6O2. The van der Waals surface area contributed by atoms with Gasteiger partial charge in [0.25, 0.3) is 5.91 Å². The van der Waals surface area contributed by atoms with Gasteiger partial charge in [-0.05, 0) is 38.3 Å². The Morgan fingerprint density at radius 1 is 1.33 bits per heavy atom. The van der Waals surface area contributed by atoms with Crippen molar-refractivity contribution in [3.8, 4) is 5.75 Å². The number of fused-ring (bicyclic) bond motifs is 1. The first-order valence-corrected chi connectivity index (χ1v) is 10.8. The minimum Gasteiger partial charge on any atom is -0.484 e. The molecule has 8 nitrogen and oxygen atoms in total. The third-order valence-electron chi connectivity index (χ3n) is 6.92. The third kappa shape index (κ3) is 3.47. The van der Waals surface area contributed by atoms with Crippen molar-refractivity contribution in [2.45, 2.75) is 61.6 Å². The van der Waals surface area contributed by atoms with Gasteiger partial charge in [0, 0.05) is 42.9 Å². The third-order valence-corrected chi connectivity index (χ3v) is 7.23. The maximum atomic E-state index is 13.5. The van der Waals surface area contributed by atoms with Crippen molar-refractivity contribution < 1.29 is 13.9 Å². The molecule has 164 valence electrons. The van der Waals surface area contributed by atoms with E-state index in [-0.39, 0.29) is 40.5 Å². The van der Waals surface area contributed by atoms with Crippen LogP contribution in [0.2, 0.25) is 5.02 Å². The number of hydrogen-bond donors (Lipinski definition) is 5. The molecule has 1 amide bonds. The van der Waals surface area contributed by atoms with Gasteiger partial charge < -0.3 is 10.1 Å². The lowest BCUT2D eigenvalue weighted by atomic mass is 9.44. The Balaban J connectivity index is 1.10. The molecule has 1 aromatic rings. The summed E-state index contributed by atoms with van der Waals surface area (Å²) in [5.41, 5.74) is 3.42. The van der Waals surface area contributed by atoms with Crippen LogP contribution in [0.1, 0.15) is 26.2 Å². The maximum Gasteiger partial charge on any atom is 0.258 e. The number of halogens is 2. The standard InChI is InChI=1S/C20H28ClFN6O2/c1-11-16-17(28(2)27-11)18(24-10-23-16)26-20-7-19(8-20,9-20)25-15(29)6-30-12-3-4-13(21)14(22)5-12/h3-5,11,16-18,23-24,26-27H,6-10H2,1-2H3,(H,25,29). The molecule has 2 bridgehead atoms. The number of nitrogens with one attached hydrogen (secondary N) is 5. The highest BCUT2D eigenvalue weighted by molar-refractivity contribution is 6.30. The van der Waals surface area contributed by atoms with Gasteiger partial charge in [-0.15, -0.1) is 0 Å². The summed E-state index contributed by atoms with van der Waals surface area (Å²) in [6.07, 6.45) is 2.93. The summed E-state index contributed by atoms with van der Waals surface area (Å²) in [6, 6.07) is 5.25. The normalized spacial score (nSPS) is 39.6. The molecule has 0 radical (unpaired) electrons. The Kier molecular flexibility index (Phi) is 4.96. The summed E-state index contributed by atoms with van der Waals surface area (Å²) in [4.78, 5) is 12.3. The second-order valence-corrected chi connectivity index (χ2v) is 9.66. The second kappa shape index (κ2) is 7.29. The van der Waals surface area contributed by atoms with Crippen LogP contribution in [0.4, 0.5) is 4.39 Å². The first kappa shape index (κ1) is 20.4. The van der Waals surface area contributed by atoms with Crippen molar-refractivity contribution in [3.05, 3.63) is 29.0 Å². The lowest BCUT2D eigenvalue weighted by Crippen LogP contribution is -2.86. The van der Waals surface area contributed by atoms with Gasteiger partial charge in [0.1, 0.15) is 11.6 Å². The molecule has 3 aliphatic carbocycles. The summed E-state index contributed by atoms with van der Waals surface area (Å²) in [5, 5.41) is 16.2. The molecule has 6 rings (SSSR count). The zero-order valence-corrected chi connectivity index (χ0v) is 17.9. The molecule has 30 heavy (non-hydrogen) atoms. The van der Waals surface area contributed by atoms with Crippen molar-refractivity contribution in [2.24, 2.45) is 0 Å². The quantitative estimate of drug-likeness (QED) is 0.436. The predicted molar refractivity (Wildman–Crippen MR) is 110 cm³/mol. The number of amides is 1. The molecule has 2 saturated heterocycles. The van der Waals surface area contributed by atoms with Gasteiger partial charge >= 0.3 is 0 Å². The monoisotopic (exact) mass is 438 g/mol. The molecule has 0 spiro atoms. The fourth-order valence-electron chi connectivity index (χ4n) is 5.75. The van der Waals surface area contributed by atoms with Crippen LogP contribution in [-0.4, -0.2) is 66.6 Å². The van der Waals surface area contributed by atoms with Crippen LogP contribution >= 0.6 is 11.6 Å². The van der Waals surface area contributed by atoms with Crippen LogP contribution in [-0.2, 0) is 4.79 Å². The lowest BCUT2D eigenvalue weighted by Gasteiger charge is -2.71. The SMILES string of the molecule is CC1NN(C)C2C(NC34CC(NC(=O)COc5ccc(Cl)c(F)c5)(C3)C4)NCNC12. The van der Waals surface area contributed by atoms with E-state index in [0.717, 1.165) is 25.9 Å². The average Bonchev–Trinajstić information content (AvgIpc) is 2.95. The van der Waals surface area contributed by atoms with E-state index in [0.29, 0.717) is 18.1 Å². The fourth-order valence-corrected chi connectivity index (χ4v) is 5.86. The van der Waals surface area contributed by atoms with Crippen LogP contribution in [0.5, 0.6) is 5.75 Å². The molecule has 5 aliphatic rings. The van der Waals surface area contributed by atoms with Gasteiger partial charge in [-0.2, -0.15) is 0 Å². The summed E-state index contributed by atoms with van der Waals surface area (Å²) < 4.78 is 18.9.